The van der Waals surface area contributed by atoms with Gasteiger partial charge in [0.2, 0.25) is 0 Å². The molecule has 1 aliphatic rings. The first-order valence-electron chi connectivity index (χ1n) is 3.80. The van der Waals surface area contributed by atoms with E-state index in [1.165, 1.54) is 0 Å². The highest BCUT2D eigenvalue weighted by molar-refractivity contribution is 7.51. The second-order valence-electron chi connectivity index (χ2n) is 2.46. The van der Waals surface area contributed by atoms with Crippen LogP contribution in [0.1, 0.15) is 13.3 Å². The molecule has 4 nitrogen and oxygen atoms in total. The van der Waals surface area contributed by atoms with Crippen LogP contribution in [0.2, 0.25) is 0 Å². The van der Waals surface area contributed by atoms with Gasteiger partial charge in [-0.05, 0) is 13.5 Å². The van der Waals surface area contributed by atoms with Crippen LogP contribution in [-0.4, -0.2) is 31.5 Å². The summed E-state index contributed by atoms with van der Waals surface area (Å²) in [7, 11) is -1.13. The molecule has 66 valence electrons. The molecule has 1 fully saturated rings. The quantitative estimate of drug-likeness (QED) is 0.602. The third kappa shape index (κ3) is 2.03. The van der Waals surface area contributed by atoms with E-state index >= 15 is 0 Å². The van der Waals surface area contributed by atoms with E-state index in [-0.39, 0.29) is 0 Å². The fraction of sp³-hybridized carbons (Fsp3) is 1.00. The van der Waals surface area contributed by atoms with Gasteiger partial charge in [-0.15, -0.1) is 0 Å². The molecular weight excluding hydrogens is 165 g/mol. The van der Waals surface area contributed by atoms with Crippen molar-refractivity contribution in [3.05, 3.63) is 0 Å². The second-order valence-corrected chi connectivity index (χ2v) is 4.60. The second kappa shape index (κ2) is 3.68. The molecule has 0 radical (unpaired) electrons. The Morgan fingerprint density at radius 1 is 1.45 bits per heavy atom. The average molecular weight is 179 g/mol. The van der Waals surface area contributed by atoms with Gasteiger partial charge in [0.1, 0.15) is 0 Å². The Morgan fingerprint density at radius 3 is 2.45 bits per heavy atom. The lowest BCUT2D eigenvalue weighted by Gasteiger charge is -2.28. The molecule has 1 rings (SSSR count). The highest BCUT2D eigenvalue weighted by Gasteiger charge is 2.31. The molecule has 1 saturated heterocycles. The Hall–Kier alpha value is 0.110. The van der Waals surface area contributed by atoms with Gasteiger partial charge >= 0.3 is 7.75 Å². The Balaban J connectivity index is 2.56. The van der Waals surface area contributed by atoms with Crippen molar-refractivity contribution >= 4 is 7.75 Å². The first-order valence-corrected chi connectivity index (χ1v) is 5.29. The zero-order chi connectivity index (χ0) is 8.32. The molecule has 0 aliphatic carbocycles. The predicted molar refractivity (Wildman–Crippen MR) is 42.4 cm³/mol. The van der Waals surface area contributed by atoms with Crippen molar-refractivity contribution in [2.75, 3.05) is 26.8 Å². The van der Waals surface area contributed by atoms with Crippen molar-refractivity contribution in [3.63, 3.8) is 0 Å². The Bertz CT molecular complexity index is 163. The minimum Gasteiger partial charge on any atom is -0.297 e. The molecule has 0 aromatic carbocycles. The smallest absolute Gasteiger partial charge is 0.297 e. The largest absolute Gasteiger partial charge is 0.407 e. The van der Waals surface area contributed by atoms with Gasteiger partial charge in [0, 0.05) is 6.54 Å². The molecule has 1 aliphatic heterocycles. The molecule has 0 N–H and O–H groups in total. The van der Waals surface area contributed by atoms with E-state index in [0.717, 1.165) is 6.42 Å². The van der Waals surface area contributed by atoms with E-state index in [2.05, 4.69) is 0 Å². The average Bonchev–Trinajstić information content (AvgIpc) is 2.04. The Labute approximate surface area is 67.1 Å². The van der Waals surface area contributed by atoms with Crippen molar-refractivity contribution in [2.24, 2.45) is 0 Å². The molecule has 0 aromatic rings. The fourth-order valence-electron chi connectivity index (χ4n) is 0.826. The fourth-order valence-corrected chi connectivity index (χ4v) is 2.36. The molecule has 1 heterocycles. The van der Waals surface area contributed by atoms with Crippen LogP contribution >= 0.6 is 7.75 Å². The van der Waals surface area contributed by atoms with Gasteiger partial charge in [0.15, 0.2) is 0 Å². The summed E-state index contributed by atoms with van der Waals surface area (Å²) in [6.45, 7) is 3.68. The van der Waals surface area contributed by atoms with Gasteiger partial charge in [-0.3, -0.25) is 9.05 Å². The standard InChI is InChI=1S/C6H14NO3P/c1-3-7(2)11(8)9-5-4-6-10-11/h3-6H2,1-2H3. The maximum absolute atomic E-state index is 11.6. The summed E-state index contributed by atoms with van der Waals surface area (Å²) < 4.78 is 23.4. The van der Waals surface area contributed by atoms with Crippen LogP contribution in [0.3, 0.4) is 0 Å². The first kappa shape index (κ1) is 9.20. The van der Waals surface area contributed by atoms with E-state index in [9.17, 15) is 4.57 Å². The number of hydrogen-bond acceptors (Lipinski definition) is 3. The van der Waals surface area contributed by atoms with Crippen molar-refractivity contribution in [1.29, 1.82) is 0 Å². The van der Waals surface area contributed by atoms with Crippen molar-refractivity contribution < 1.29 is 13.6 Å². The third-order valence-electron chi connectivity index (χ3n) is 1.67. The minimum absolute atomic E-state index is 0.543. The molecule has 0 atom stereocenters. The molecule has 5 heteroatoms. The molecule has 0 spiro atoms. The van der Waals surface area contributed by atoms with Crippen molar-refractivity contribution in [2.45, 2.75) is 13.3 Å². The van der Waals surface area contributed by atoms with Gasteiger partial charge in [-0.25, -0.2) is 9.24 Å². The first-order chi connectivity index (χ1) is 5.19. The normalized spacial score (nSPS) is 23.9. The van der Waals surface area contributed by atoms with E-state index in [4.69, 9.17) is 9.05 Å². The maximum Gasteiger partial charge on any atom is 0.407 e. The summed E-state index contributed by atoms with van der Waals surface area (Å²) in [6.07, 6.45) is 0.835. The maximum atomic E-state index is 11.6. The monoisotopic (exact) mass is 179 g/mol. The van der Waals surface area contributed by atoms with Gasteiger partial charge in [0.05, 0.1) is 13.2 Å². The summed E-state index contributed by atoms with van der Waals surface area (Å²) in [6, 6.07) is 0. The summed E-state index contributed by atoms with van der Waals surface area (Å²) >= 11 is 0. The summed E-state index contributed by atoms with van der Waals surface area (Å²) in [4.78, 5) is 0. The zero-order valence-corrected chi connectivity index (χ0v) is 7.84. The lowest BCUT2D eigenvalue weighted by atomic mass is 10.5. The molecule has 0 saturated carbocycles. The molecule has 0 amide bonds. The highest BCUT2D eigenvalue weighted by Crippen LogP contribution is 2.52. The molecule has 0 aromatic heterocycles. The van der Waals surface area contributed by atoms with Crippen molar-refractivity contribution in [3.8, 4) is 0 Å². The van der Waals surface area contributed by atoms with Gasteiger partial charge < -0.3 is 0 Å². The topological polar surface area (TPSA) is 38.8 Å². The predicted octanol–water partition coefficient (Wildman–Crippen LogP) is 1.48. The summed E-state index contributed by atoms with van der Waals surface area (Å²) in [5, 5.41) is 0. The van der Waals surface area contributed by atoms with E-state index < -0.39 is 7.75 Å². The van der Waals surface area contributed by atoms with Gasteiger partial charge in [-0.1, -0.05) is 6.92 Å². The lowest BCUT2D eigenvalue weighted by Crippen LogP contribution is -2.22. The van der Waals surface area contributed by atoms with Gasteiger partial charge in [-0.2, -0.15) is 0 Å². The molecule has 11 heavy (non-hydrogen) atoms. The number of hydrogen-bond donors (Lipinski definition) is 0. The van der Waals surface area contributed by atoms with E-state index in [0.29, 0.717) is 19.8 Å². The minimum atomic E-state index is -2.87. The van der Waals surface area contributed by atoms with Crippen molar-refractivity contribution in [1.82, 2.24) is 4.67 Å². The SMILES string of the molecule is CCN(C)P1(=O)OCCCO1. The van der Waals surface area contributed by atoms with E-state index in [1.807, 2.05) is 6.92 Å². The number of nitrogens with zero attached hydrogens (tertiary/aromatic N) is 1. The Morgan fingerprint density at radius 2 is 2.00 bits per heavy atom. The molecule has 0 bridgehead atoms. The van der Waals surface area contributed by atoms with Crippen LogP contribution in [-0.2, 0) is 13.6 Å². The zero-order valence-electron chi connectivity index (χ0n) is 6.95. The molecular formula is C6H14NO3P. The lowest BCUT2D eigenvalue weighted by molar-refractivity contribution is 0.116. The Kier molecular flexibility index (Phi) is 3.07. The third-order valence-corrected chi connectivity index (χ3v) is 3.81. The van der Waals surface area contributed by atoms with Crippen LogP contribution < -0.4 is 0 Å². The van der Waals surface area contributed by atoms with Crippen LogP contribution in [0.5, 0.6) is 0 Å². The number of rotatable bonds is 2. The van der Waals surface area contributed by atoms with Crippen LogP contribution in [0, 0.1) is 0 Å². The van der Waals surface area contributed by atoms with E-state index in [1.54, 1.807) is 11.7 Å². The van der Waals surface area contributed by atoms with Gasteiger partial charge in [0.25, 0.3) is 0 Å². The van der Waals surface area contributed by atoms with Crippen LogP contribution in [0.25, 0.3) is 0 Å². The molecule has 0 unspecified atom stereocenters. The van der Waals surface area contributed by atoms with Crippen LogP contribution in [0.4, 0.5) is 0 Å². The summed E-state index contributed by atoms with van der Waals surface area (Å²) in [5.41, 5.74) is 0. The van der Waals surface area contributed by atoms with Crippen LogP contribution in [0.15, 0.2) is 0 Å². The highest BCUT2D eigenvalue weighted by atomic mass is 31.2. The summed E-state index contributed by atoms with van der Waals surface area (Å²) in [5.74, 6) is 0.